The van der Waals surface area contributed by atoms with Crippen LogP contribution in [0.5, 0.6) is 0 Å². The molecule has 1 rings (SSSR count). The fourth-order valence-electron chi connectivity index (χ4n) is 1.34. The van der Waals surface area contributed by atoms with Crippen molar-refractivity contribution >= 4 is 27.6 Å². The van der Waals surface area contributed by atoms with E-state index in [0.717, 1.165) is 6.07 Å². The molecule has 0 saturated heterocycles. The average molecular weight is 324 g/mol. The van der Waals surface area contributed by atoms with Crippen LogP contribution in [0.4, 0.5) is 4.39 Å². The molecule has 1 aromatic rings. The van der Waals surface area contributed by atoms with Gasteiger partial charge in [-0.2, -0.15) is 0 Å². The number of benzene rings is 1. The molecule has 0 atom stereocenters. The van der Waals surface area contributed by atoms with E-state index in [9.17, 15) is 17.6 Å². The highest BCUT2D eigenvalue weighted by molar-refractivity contribution is 7.89. The third-order valence-electron chi connectivity index (χ3n) is 2.48. The number of nitrogens with two attached hydrogens (primary N) is 1. The lowest BCUT2D eigenvalue weighted by molar-refractivity contribution is 0.0487. The van der Waals surface area contributed by atoms with Gasteiger partial charge in [-0.3, -0.25) is 0 Å². The Kier molecular flexibility index (Phi) is 5.50. The molecule has 0 saturated carbocycles. The Balaban J connectivity index is 3.05. The maximum atomic E-state index is 13.5. The molecule has 2 N–H and O–H groups in total. The van der Waals surface area contributed by atoms with Gasteiger partial charge in [-0.25, -0.2) is 22.7 Å². The molecule has 0 aliphatic heterocycles. The van der Waals surface area contributed by atoms with Gasteiger partial charge in [0.25, 0.3) is 0 Å². The number of esters is 1. The SMILES string of the molecule is CC(C)CCOC(=O)c1cc(S(N)(=O)=O)cc(F)c1Cl. The van der Waals surface area contributed by atoms with Crippen LogP contribution in [-0.4, -0.2) is 21.0 Å². The monoisotopic (exact) mass is 323 g/mol. The van der Waals surface area contributed by atoms with E-state index in [0.29, 0.717) is 18.4 Å². The Hall–Kier alpha value is -1.18. The van der Waals surface area contributed by atoms with Crippen molar-refractivity contribution in [3.8, 4) is 0 Å². The molecule has 0 aliphatic rings. The number of primary sulfonamides is 1. The fourth-order valence-corrected chi connectivity index (χ4v) is 2.08. The van der Waals surface area contributed by atoms with Crippen LogP contribution in [0.15, 0.2) is 17.0 Å². The summed E-state index contributed by atoms with van der Waals surface area (Å²) >= 11 is 5.64. The Morgan fingerprint density at radius 3 is 2.55 bits per heavy atom. The molecule has 0 aliphatic carbocycles. The van der Waals surface area contributed by atoms with E-state index in [1.54, 1.807) is 0 Å². The lowest BCUT2D eigenvalue weighted by Gasteiger charge is -2.09. The van der Waals surface area contributed by atoms with Crippen LogP contribution in [0.25, 0.3) is 0 Å². The molecule has 112 valence electrons. The summed E-state index contributed by atoms with van der Waals surface area (Å²) in [6, 6.07) is 1.56. The molecular formula is C12H15ClFNO4S. The van der Waals surface area contributed by atoms with Crippen LogP contribution in [0.1, 0.15) is 30.6 Å². The topological polar surface area (TPSA) is 86.5 Å². The largest absolute Gasteiger partial charge is 0.462 e. The molecule has 0 radical (unpaired) electrons. The minimum Gasteiger partial charge on any atom is -0.462 e. The number of hydrogen-bond acceptors (Lipinski definition) is 4. The van der Waals surface area contributed by atoms with Crippen molar-refractivity contribution in [2.24, 2.45) is 11.1 Å². The van der Waals surface area contributed by atoms with Gasteiger partial charge in [-0.15, -0.1) is 0 Å². The normalized spacial score (nSPS) is 11.7. The van der Waals surface area contributed by atoms with Gasteiger partial charge < -0.3 is 4.74 Å². The zero-order valence-electron chi connectivity index (χ0n) is 11.0. The minimum atomic E-state index is -4.14. The molecular weight excluding hydrogens is 309 g/mol. The molecule has 20 heavy (non-hydrogen) atoms. The molecule has 0 heterocycles. The molecule has 0 fully saturated rings. The molecule has 5 nitrogen and oxygen atoms in total. The molecule has 0 bridgehead atoms. The van der Waals surface area contributed by atoms with Crippen molar-refractivity contribution in [1.82, 2.24) is 0 Å². The van der Waals surface area contributed by atoms with Crippen LogP contribution in [-0.2, 0) is 14.8 Å². The van der Waals surface area contributed by atoms with E-state index in [1.165, 1.54) is 0 Å². The number of carbonyl (C=O) groups is 1. The number of ether oxygens (including phenoxy) is 1. The van der Waals surface area contributed by atoms with Crippen molar-refractivity contribution < 1.29 is 22.3 Å². The first-order chi connectivity index (χ1) is 9.12. The predicted molar refractivity (Wildman–Crippen MR) is 72.5 cm³/mol. The molecule has 0 spiro atoms. The summed E-state index contributed by atoms with van der Waals surface area (Å²) in [6.45, 7) is 4.03. The fraction of sp³-hybridized carbons (Fsp3) is 0.417. The quantitative estimate of drug-likeness (QED) is 0.842. The Morgan fingerprint density at radius 1 is 1.45 bits per heavy atom. The first kappa shape index (κ1) is 16.9. The van der Waals surface area contributed by atoms with E-state index in [1.807, 2.05) is 13.8 Å². The smallest absolute Gasteiger partial charge is 0.339 e. The number of rotatable bonds is 5. The summed E-state index contributed by atoms with van der Waals surface area (Å²) in [4.78, 5) is 11.2. The van der Waals surface area contributed by atoms with Crippen LogP contribution < -0.4 is 5.14 Å². The van der Waals surface area contributed by atoms with Gasteiger partial charge in [0.15, 0.2) is 0 Å². The summed E-state index contributed by atoms with van der Waals surface area (Å²) in [5.41, 5.74) is -0.362. The number of hydrogen-bond donors (Lipinski definition) is 1. The number of carbonyl (C=O) groups excluding carboxylic acids is 1. The van der Waals surface area contributed by atoms with Gasteiger partial charge in [0, 0.05) is 0 Å². The third kappa shape index (κ3) is 4.43. The first-order valence-corrected chi connectivity index (χ1v) is 7.74. The zero-order chi connectivity index (χ0) is 15.5. The van der Waals surface area contributed by atoms with Gasteiger partial charge in [0.2, 0.25) is 10.0 Å². The van der Waals surface area contributed by atoms with Crippen molar-refractivity contribution in [2.75, 3.05) is 6.61 Å². The van der Waals surface area contributed by atoms with Gasteiger partial charge in [0.1, 0.15) is 5.82 Å². The maximum absolute atomic E-state index is 13.5. The summed E-state index contributed by atoms with van der Waals surface area (Å²) in [6.07, 6.45) is 0.626. The zero-order valence-corrected chi connectivity index (χ0v) is 12.6. The van der Waals surface area contributed by atoms with Gasteiger partial charge in [-0.1, -0.05) is 25.4 Å². The Labute approximate surface area is 121 Å². The highest BCUT2D eigenvalue weighted by Crippen LogP contribution is 2.24. The van der Waals surface area contributed by atoms with Crippen LogP contribution in [0, 0.1) is 11.7 Å². The predicted octanol–water partition coefficient (Wildman–Crippen LogP) is 2.33. The van der Waals surface area contributed by atoms with E-state index in [2.05, 4.69) is 0 Å². The molecule has 1 aromatic carbocycles. The lowest BCUT2D eigenvalue weighted by Crippen LogP contribution is -2.15. The summed E-state index contributed by atoms with van der Waals surface area (Å²) in [5, 5.41) is 4.40. The third-order valence-corrected chi connectivity index (χ3v) is 3.76. The van der Waals surface area contributed by atoms with E-state index >= 15 is 0 Å². The Morgan fingerprint density at radius 2 is 2.05 bits per heavy atom. The summed E-state index contributed by atoms with van der Waals surface area (Å²) in [7, 11) is -4.14. The van der Waals surface area contributed by atoms with Crippen molar-refractivity contribution in [3.63, 3.8) is 0 Å². The van der Waals surface area contributed by atoms with Gasteiger partial charge in [-0.05, 0) is 24.5 Å². The van der Waals surface area contributed by atoms with E-state index in [-0.39, 0.29) is 12.2 Å². The summed E-state index contributed by atoms with van der Waals surface area (Å²) in [5.74, 6) is -1.61. The maximum Gasteiger partial charge on any atom is 0.339 e. The standard InChI is InChI=1S/C12H15ClFNO4S/c1-7(2)3-4-19-12(16)9-5-8(20(15,17)18)6-10(14)11(9)13/h5-7H,3-4H2,1-2H3,(H2,15,17,18). The van der Waals surface area contributed by atoms with Gasteiger partial charge >= 0.3 is 5.97 Å². The van der Waals surface area contributed by atoms with E-state index < -0.39 is 31.7 Å². The van der Waals surface area contributed by atoms with Gasteiger partial charge in [0.05, 0.1) is 22.1 Å². The van der Waals surface area contributed by atoms with Crippen LogP contribution in [0.3, 0.4) is 0 Å². The minimum absolute atomic E-state index is 0.133. The molecule has 0 aromatic heterocycles. The number of sulfonamides is 1. The second-order valence-corrected chi connectivity index (χ2v) is 6.57. The number of halogens is 2. The van der Waals surface area contributed by atoms with Crippen LogP contribution in [0.2, 0.25) is 5.02 Å². The summed E-state index contributed by atoms with van der Waals surface area (Å²) < 4.78 is 40.8. The lowest BCUT2D eigenvalue weighted by atomic mass is 10.1. The average Bonchev–Trinajstić information content (AvgIpc) is 2.30. The molecule has 0 unspecified atom stereocenters. The molecule has 8 heteroatoms. The first-order valence-electron chi connectivity index (χ1n) is 5.82. The second-order valence-electron chi connectivity index (χ2n) is 4.63. The highest BCUT2D eigenvalue weighted by Gasteiger charge is 2.21. The van der Waals surface area contributed by atoms with Crippen molar-refractivity contribution in [2.45, 2.75) is 25.2 Å². The van der Waals surface area contributed by atoms with Crippen molar-refractivity contribution in [1.29, 1.82) is 0 Å². The van der Waals surface area contributed by atoms with Crippen LogP contribution >= 0.6 is 11.6 Å². The second kappa shape index (κ2) is 6.51. The Bertz CT molecular complexity index is 616. The van der Waals surface area contributed by atoms with Crippen molar-refractivity contribution in [3.05, 3.63) is 28.5 Å². The van der Waals surface area contributed by atoms with E-state index in [4.69, 9.17) is 21.5 Å². The highest BCUT2D eigenvalue weighted by atomic mass is 35.5. The molecule has 0 amide bonds.